The van der Waals surface area contributed by atoms with Gasteiger partial charge in [0, 0.05) is 43.6 Å². The first-order valence-electron chi connectivity index (χ1n) is 10.8. The molecule has 8 heteroatoms. The van der Waals surface area contributed by atoms with Gasteiger partial charge < -0.3 is 9.80 Å². The van der Waals surface area contributed by atoms with Gasteiger partial charge >= 0.3 is 0 Å². The summed E-state index contributed by atoms with van der Waals surface area (Å²) in [6.07, 6.45) is 0.518. The van der Waals surface area contributed by atoms with E-state index in [1.807, 2.05) is 52.8 Å². The van der Waals surface area contributed by atoms with Crippen molar-refractivity contribution in [3.05, 3.63) is 59.4 Å². The lowest BCUT2D eigenvalue weighted by Crippen LogP contribution is -2.41. The fraction of sp³-hybridized carbons (Fsp3) is 0.458. The third-order valence-corrected chi connectivity index (χ3v) is 6.95. The standard InChI is InChI=1S/C24H34FN3O3S/c1-7-14-32(30,31)26-22-12-13-23(27(5)6)20(15-22)16-28(18(4)17(2)3)24(29)19-8-10-21(25)11-9-19/h8-13,15,17-18,26H,7,14,16H2,1-6H3. The highest BCUT2D eigenvalue weighted by atomic mass is 32.2. The Morgan fingerprint density at radius 1 is 1.06 bits per heavy atom. The number of carbonyl (C=O) groups excluding carboxylic acids is 1. The minimum Gasteiger partial charge on any atom is -0.377 e. The lowest BCUT2D eigenvalue weighted by Gasteiger charge is -2.33. The summed E-state index contributed by atoms with van der Waals surface area (Å²) >= 11 is 0. The lowest BCUT2D eigenvalue weighted by molar-refractivity contribution is 0.0628. The predicted octanol–water partition coefficient (Wildman–Crippen LogP) is 4.73. The molecule has 0 radical (unpaired) electrons. The Labute approximate surface area is 191 Å². The Kier molecular flexibility index (Phi) is 8.66. The first-order valence-corrected chi connectivity index (χ1v) is 12.5. The van der Waals surface area contributed by atoms with Crippen molar-refractivity contribution in [3.63, 3.8) is 0 Å². The van der Waals surface area contributed by atoms with Gasteiger partial charge in [0.15, 0.2) is 0 Å². The maximum absolute atomic E-state index is 13.4. The van der Waals surface area contributed by atoms with Crippen molar-refractivity contribution in [2.45, 2.75) is 46.7 Å². The number of nitrogens with zero attached hydrogens (tertiary/aromatic N) is 2. The van der Waals surface area contributed by atoms with Gasteiger partial charge in [-0.3, -0.25) is 9.52 Å². The minimum atomic E-state index is -3.44. The summed E-state index contributed by atoms with van der Waals surface area (Å²) in [7, 11) is 0.365. The molecule has 2 rings (SSSR count). The molecular formula is C24H34FN3O3S. The zero-order valence-corrected chi connectivity index (χ0v) is 20.5. The van der Waals surface area contributed by atoms with Gasteiger partial charge in [-0.2, -0.15) is 0 Å². The highest BCUT2D eigenvalue weighted by molar-refractivity contribution is 7.92. The minimum absolute atomic E-state index is 0.0390. The van der Waals surface area contributed by atoms with E-state index in [4.69, 9.17) is 0 Å². The van der Waals surface area contributed by atoms with Crippen LogP contribution in [-0.4, -0.2) is 45.1 Å². The van der Waals surface area contributed by atoms with Crippen molar-refractivity contribution >= 4 is 27.3 Å². The molecule has 1 N–H and O–H groups in total. The van der Waals surface area contributed by atoms with E-state index < -0.39 is 15.8 Å². The molecule has 176 valence electrons. The molecule has 2 aromatic carbocycles. The van der Waals surface area contributed by atoms with Crippen LogP contribution in [0, 0.1) is 11.7 Å². The van der Waals surface area contributed by atoms with Gasteiger partial charge in [0.25, 0.3) is 5.91 Å². The van der Waals surface area contributed by atoms with Crippen molar-refractivity contribution in [2.24, 2.45) is 5.92 Å². The molecule has 1 unspecified atom stereocenters. The summed E-state index contributed by atoms with van der Waals surface area (Å²) in [6, 6.07) is 10.8. The van der Waals surface area contributed by atoms with Gasteiger partial charge in [0.2, 0.25) is 10.0 Å². The maximum atomic E-state index is 13.4. The quantitative estimate of drug-likeness (QED) is 0.553. The second-order valence-corrected chi connectivity index (χ2v) is 10.4. The van der Waals surface area contributed by atoms with Crippen molar-refractivity contribution in [1.29, 1.82) is 0 Å². The van der Waals surface area contributed by atoms with Crippen LogP contribution < -0.4 is 9.62 Å². The molecule has 0 saturated heterocycles. The number of halogens is 1. The third kappa shape index (κ3) is 6.69. The van der Waals surface area contributed by atoms with E-state index in [9.17, 15) is 17.6 Å². The van der Waals surface area contributed by atoms with E-state index in [2.05, 4.69) is 4.72 Å². The molecule has 0 fully saturated rings. The molecule has 1 atom stereocenters. The highest BCUT2D eigenvalue weighted by Gasteiger charge is 2.25. The smallest absolute Gasteiger partial charge is 0.254 e. The number of amides is 1. The number of hydrogen-bond donors (Lipinski definition) is 1. The molecule has 0 aliphatic heterocycles. The topological polar surface area (TPSA) is 69.7 Å². The van der Waals surface area contributed by atoms with E-state index in [1.165, 1.54) is 24.3 Å². The number of rotatable bonds is 10. The van der Waals surface area contributed by atoms with Crippen LogP contribution in [0.5, 0.6) is 0 Å². The Morgan fingerprint density at radius 2 is 1.69 bits per heavy atom. The number of nitrogens with one attached hydrogen (secondary N) is 1. The lowest BCUT2D eigenvalue weighted by atomic mass is 10.0. The number of anilines is 2. The highest BCUT2D eigenvalue weighted by Crippen LogP contribution is 2.27. The number of carbonyl (C=O) groups is 1. The second kappa shape index (κ2) is 10.8. The van der Waals surface area contributed by atoms with Gasteiger partial charge in [-0.05, 0) is 67.3 Å². The Bertz CT molecular complexity index is 1020. The van der Waals surface area contributed by atoms with Crippen molar-refractivity contribution < 1.29 is 17.6 Å². The summed E-state index contributed by atoms with van der Waals surface area (Å²) in [5.41, 5.74) is 2.57. The summed E-state index contributed by atoms with van der Waals surface area (Å²) < 4.78 is 40.5. The number of benzene rings is 2. The van der Waals surface area contributed by atoms with E-state index >= 15 is 0 Å². The Hall–Kier alpha value is -2.61. The molecule has 32 heavy (non-hydrogen) atoms. The van der Waals surface area contributed by atoms with E-state index in [0.717, 1.165) is 11.3 Å². The summed E-state index contributed by atoms with van der Waals surface area (Å²) in [6.45, 7) is 8.16. The molecule has 2 aromatic rings. The van der Waals surface area contributed by atoms with E-state index in [0.29, 0.717) is 17.7 Å². The molecule has 0 aliphatic rings. The average Bonchev–Trinajstić information content (AvgIpc) is 2.71. The summed E-state index contributed by atoms with van der Waals surface area (Å²) in [5.74, 6) is -0.370. The first kappa shape index (κ1) is 25.6. The molecule has 0 aliphatic carbocycles. The molecule has 0 bridgehead atoms. The largest absolute Gasteiger partial charge is 0.377 e. The van der Waals surface area contributed by atoms with E-state index in [1.54, 1.807) is 17.0 Å². The number of hydrogen-bond acceptors (Lipinski definition) is 4. The molecule has 0 saturated carbocycles. The Morgan fingerprint density at radius 3 is 2.22 bits per heavy atom. The fourth-order valence-electron chi connectivity index (χ4n) is 3.41. The predicted molar refractivity (Wildman–Crippen MR) is 129 cm³/mol. The first-order chi connectivity index (χ1) is 14.9. The van der Waals surface area contributed by atoms with Gasteiger partial charge in [-0.25, -0.2) is 12.8 Å². The van der Waals surface area contributed by atoms with Crippen molar-refractivity contribution in [2.75, 3.05) is 29.5 Å². The van der Waals surface area contributed by atoms with Gasteiger partial charge in [0.1, 0.15) is 5.82 Å². The second-order valence-electron chi connectivity index (χ2n) is 8.58. The Balaban J connectivity index is 2.47. The van der Waals surface area contributed by atoms with Gasteiger partial charge in [0.05, 0.1) is 5.75 Å². The molecule has 6 nitrogen and oxygen atoms in total. The maximum Gasteiger partial charge on any atom is 0.254 e. The zero-order chi connectivity index (χ0) is 24.1. The normalized spacial score (nSPS) is 12.5. The van der Waals surface area contributed by atoms with Crippen molar-refractivity contribution in [1.82, 2.24) is 4.90 Å². The average molecular weight is 464 g/mol. The monoisotopic (exact) mass is 463 g/mol. The van der Waals surface area contributed by atoms with E-state index in [-0.39, 0.29) is 30.2 Å². The van der Waals surface area contributed by atoms with Crippen LogP contribution in [0.15, 0.2) is 42.5 Å². The van der Waals surface area contributed by atoms with Crippen LogP contribution in [0.1, 0.15) is 50.0 Å². The summed E-state index contributed by atoms with van der Waals surface area (Å²) in [4.78, 5) is 17.1. The summed E-state index contributed by atoms with van der Waals surface area (Å²) in [5, 5.41) is 0. The van der Waals surface area contributed by atoms with Crippen LogP contribution in [0.25, 0.3) is 0 Å². The van der Waals surface area contributed by atoms with Crippen LogP contribution in [0.3, 0.4) is 0 Å². The fourth-order valence-corrected chi connectivity index (χ4v) is 4.54. The van der Waals surface area contributed by atoms with Crippen LogP contribution in [-0.2, 0) is 16.6 Å². The number of sulfonamides is 1. The van der Waals surface area contributed by atoms with Gasteiger partial charge in [-0.1, -0.05) is 20.8 Å². The van der Waals surface area contributed by atoms with Crippen molar-refractivity contribution in [3.8, 4) is 0 Å². The molecule has 0 heterocycles. The SMILES string of the molecule is CCCS(=O)(=O)Nc1ccc(N(C)C)c(CN(C(=O)c2ccc(F)cc2)C(C)C(C)C)c1. The zero-order valence-electron chi connectivity index (χ0n) is 19.7. The molecule has 0 aromatic heterocycles. The molecule has 1 amide bonds. The van der Waals surface area contributed by atoms with Crippen LogP contribution >= 0.6 is 0 Å². The molecular weight excluding hydrogens is 429 g/mol. The van der Waals surface area contributed by atoms with Gasteiger partial charge in [-0.15, -0.1) is 0 Å². The third-order valence-electron chi connectivity index (χ3n) is 5.46. The van der Waals surface area contributed by atoms with Crippen LogP contribution in [0.2, 0.25) is 0 Å². The molecule has 0 spiro atoms. The van der Waals surface area contributed by atoms with Crippen LogP contribution in [0.4, 0.5) is 15.8 Å².